The van der Waals surface area contributed by atoms with E-state index in [0.29, 0.717) is 6.42 Å². The van der Waals surface area contributed by atoms with Crippen LogP contribution < -0.4 is 5.32 Å². The summed E-state index contributed by atoms with van der Waals surface area (Å²) in [5.74, 6) is 0.198. The largest absolute Gasteiger partial charge is 0.351 e. The van der Waals surface area contributed by atoms with Crippen LogP contribution in [0, 0.1) is 0 Å². The number of hydrogen-bond acceptors (Lipinski definition) is 3. The molecule has 0 radical (unpaired) electrons. The van der Waals surface area contributed by atoms with E-state index in [9.17, 15) is 9.59 Å². The number of β-lactam (4-membered cyclic amide) rings is 1. The first-order valence-electron chi connectivity index (χ1n) is 10.5. The molecule has 2 heterocycles. The number of carbonyl (C=O) groups is 2. The first-order chi connectivity index (χ1) is 13.1. The van der Waals surface area contributed by atoms with Gasteiger partial charge in [0.15, 0.2) is 0 Å². The summed E-state index contributed by atoms with van der Waals surface area (Å²) in [5.41, 5.74) is 0.445. The fourth-order valence-corrected chi connectivity index (χ4v) is 5.03. The molecule has 2 aliphatic heterocycles. The van der Waals surface area contributed by atoms with Crippen molar-refractivity contribution in [2.75, 3.05) is 20.1 Å². The molecule has 1 aliphatic carbocycles. The predicted molar refractivity (Wildman–Crippen MR) is 105 cm³/mol. The van der Waals surface area contributed by atoms with Gasteiger partial charge in [-0.1, -0.05) is 49.6 Å². The molecule has 2 saturated heterocycles. The van der Waals surface area contributed by atoms with E-state index < -0.39 is 5.54 Å². The number of hydrogen-bond donors (Lipinski definition) is 1. The van der Waals surface area contributed by atoms with Crippen LogP contribution in [0.2, 0.25) is 0 Å². The Kier molecular flexibility index (Phi) is 5.22. The smallest absolute Gasteiger partial charge is 0.246 e. The van der Waals surface area contributed by atoms with Crippen molar-refractivity contribution in [2.45, 2.75) is 69.0 Å². The molecule has 1 saturated carbocycles. The molecule has 5 nitrogen and oxygen atoms in total. The van der Waals surface area contributed by atoms with Crippen molar-refractivity contribution in [3.63, 3.8) is 0 Å². The van der Waals surface area contributed by atoms with Gasteiger partial charge in [-0.25, -0.2) is 0 Å². The molecule has 1 N–H and O–H groups in total. The van der Waals surface area contributed by atoms with Crippen molar-refractivity contribution < 1.29 is 9.59 Å². The normalized spacial score (nSPS) is 26.5. The lowest BCUT2D eigenvalue weighted by Gasteiger charge is -2.55. The standard InChI is InChI=1S/C22H31N3O2/c1-24-14-12-22(13-15-24,21(27)23-18-10-6-3-7-11-18)25-19(16-20(25)26)17-8-4-2-5-9-17/h2,4-5,8-9,18-19H,3,6-7,10-16H2,1H3,(H,23,27). The van der Waals surface area contributed by atoms with Gasteiger partial charge >= 0.3 is 0 Å². The third-order valence-electron chi connectivity index (χ3n) is 6.77. The monoisotopic (exact) mass is 369 g/mol. The van der Waals surface area contributed by atoms with Crippen molar-refractivity contribution >= 4 is 11.8 Å². The van der Waals surface area contributed by atoms with E-state index in [-0.39, 0.29) is 23.9 Å². The Morgan fingerprint density at radius 1 is 1.07 bits per heavy atom. The zero-order valence-corrected chi connectivity index (χ0v) is 16.3. The van der Waals surface area contributed by atoms with E-state index in [4.69, 9.17) is 0 Å². The van der Waals surface area contributed by atoms with E-state index in [1.165, 1.54) is 19.3 Å². The Bertz CT molecular complexity index is 676. The summed E-state index contributed by atoms with van der Waals surface area (Å²) in [4.78, 5) is 30.4. The Morgan fingerprint density at radius 3 is 2.37 bits per heavy atom. The van der Waals surface area contributed by atoms with Gasteiger partial charge in [0, 0.05) is 19.1 Å². The lowest BCUT2D eigenvalue weighted by molar-refractivity contribution is -0.169. The topological polar surface area (TPSA) is 52.7 Å². The second-order valence-corrected chi connectivity index (χ2v) is 8.54. The van der Waals surface area contributed by atoms with E-state index in [2.05, 4.69) is 29.4 Å². The minimum atomic E-state index is -0.695. The first-order valence-corrected chi connectivity index (χ1v) is 10.5. The summed E-state index contributed by atoms with van der Waals surface area (Å²) in [7, 11) is 2.09. The maximum absolute atomic E-state index is 13.5. The average Bonchev–Trinajstić information content (AvgIpc) is 2.69. The van der Waals surface area contributed by atoms with Crippen molar-refractivity contribution in [1.29, 1.82) is 0 Å². The lowest BCUT2D eigenvalue weighted by Crippen LogP contribution is -2.69. The minimum Gasteiger partial charge on any atom is -0.351 e. The Hall–Kier alpha value is -1.88. The number of amides is 2. The molecule has 1 aromatic carbocycles. The van der Waals surface area contributed by atoms with Gasteiger partial charge in [0.25, 0.3) is 0 Å². The van der Waals surface area contributed by atoms with Gasteiger partial charge in [0.1, 0.15) is 5.54 Å². The number of likely N-dealkylation sites (tertiary alicyclic amines) is 2. The maximum atomic E-state index is 13.5. The number of rotatable bonds is 4. The van der Waals surface area contributed by atoms with Crippen LogP contribution in [0.25, 0.3) is 0 Å². The highest BCUT2D eigenvalue weighted by Gasteiger charge is 2.55. The first kappa shape index (κ1) is 18.5. The van der Waals surface area contributed by atoms with E-state index in [0.717, 1.165) is 44.3 Å². The zero-order valence-electron chi connectivity index (χ0n) is 16.3. The van der Waals surface area contributed by atoms with Crippen LogP contribution in [0.1, 0.15) is 63.0 Å². The van der Waals surface area contributed by atoms with Crippen LogP contribution >= 0.6 is 0 Å². The van der Waals surface area contributed by atoms with Crippen LogP contribution in [-0.2, 0) is 9.59 Å². The maximum Gasteiger partial charge on any atom is 0.246 e. The Labute approximate surface area is 162 Å². The summed E-state index contributed by atoms with van der Waals surface area (Å²) in [6.45, 7) is 1.70. The molecule has 146 valence electrons. The number of nitrogens with zero attached hydrogens (tertiary/aromatic N) is 2. The SMILES string of the molecule is CN1CCC(C(=O)NC2CCCCC2)(N2C(=O)CC2c2ccccc2)CC1. The Balaban J connectivity index is 1.59. The summed E-state index contributed by atoms with van der Waals surface area (Å²) in [6.07, 6.45) is 7.73. The second kappa shape index (κ2) is 7.63. The van der Waals surface area contributed by atoms with Crippen molar-refractivity contribution in [3.05, 3.63) is 35.9 Å². The second-order valence-electron chi connectivity index (χ2n) is 8.54. The van der Waals surface area contributed by atoms with Gasteiger partial charge in [0.05, 0.1) is 12.5 Å². The molecule has 3 aliphatic rings. The van der Waals surface area contributed by atoms with Gasteiger partial charge in [-0.05, 0) is 38.3 Å². The quantitative estimate of drug-likeness (QED) is 0.831. The van der Waals surface area contributed by atoms with Crippen molar-refractivity contribution in [2.24, 2.45) is 0 Å². The molecule has 4 rings (SSSR count). The average molecular weight is 370 g/mol. The highest BCUT2D eigenvalue weighted by Crippen LogP contribution is 2.44. The molecule has 3 fully saturated rings. The molecule has 0 aromatic heterocycles. The molecule has 1 unspecified atom stereocenters. The lowest BCUT2D eigenvalue weighted by atomic mass is 9.78. The van der Waals surface area contributed by atoms with Gasteiger partial charge in [0.2, 0.25) is 11.8 Å². The third-order valence-corrected chi connectivity index (χ3v) is 6.77. The number of carbonyl (C=O) groups excluding carboxylic acids is 2. The molecule has 5 heteroatoms. The molecular weight excluding hydrogens is 338 g/mol. The molecule has 0 spiro atoms. The van der Waals surface area contributed by atoms with Crippen LogP contribution in [0.3, 0.4) is 0 Å². The minimum absolute atomic E-state index is 0.0270. The highest BCUT2D eigenvalue weighted by molar-refractivity contribution is 5.95. The summed E-state index contributed by atoms with van der Waals surface area (Å²) in [6, 6.07) is 10.5. The number of benzene rings is 1. The van der Waals surface area contributed by atoms with Crippen LogP contribution in [0.4, 0.5) is 0 Å². The molecule has 2 amide bonds. The molecule has 27 heavy (non-hydrogen) atoms. The summed E-state index contributed by atoms with van der Waals surface area (Å²) < 4.78 is 0. The predicted octanol–water partition coefficient (Wildman–Crippen LogP) is 2.87. The fourth-order valence-electron chi connectivity index (χ4n) is 5.03. The van der Waals surface area contributed by atoms with Gasteiger partial charge in [-0.3, -0.25) is 9.59 Å². The van der Waals surface area contributed by atoms with Crippen LogP contribution in [0.15, 0.2) is 30.3 Å². The number of piperidine rings is 1. The molecule has 1 atom stereocenters. The molecule has 1 aromatic rings. The number of nitrogens with one attached hydrogen (secondary N) is 1. The summed E-state index contributed by atoms with van der Waals surface area (Å²) >= 11 is 0. The zero-order chi connectivity index (χ0) is 18.9. The van der Waals surface area contributed by atoms with E-state index in [1.54, 1.807) is 0 Å². The van der Waals surface area contributed by atoms with E-state index in [1.807, 2.05) is 23.1 Å². The molecular formula is C22H31N3O2. The van der Waals surface area contributed by atoms with Crippen LogP contribution in [-0.4, -0.2) is 53.3 Å². The molecule has 0 bridgehead atoms. The van der Waals surface area contributed by atoms with Crippen molar-refractivity contribution in [1.82, 2.24) is 15.1 Å². The van der Waals surface area contributed by atoms with Crippen LogP contribution in [0.5, 0.6) is 0 Å². The highest BCUT2D eigenvalue weighted by atomic mass is 16.2. The van der Waals surface area contributed by atoms with Gasteiger partial charge in [-0.15, -0.1) is 0 Å². The van der Waals surface area contributed by atoms with Crippen molar-refractivity contribution in [3.8, 4) is 0 Å². The van der Waals surface area contributed by atoms with E-state index >= 15 is 0 Å². The fraction of sp³-hybridized carbons (Fsp3) is 0.636. The third kappa shape index (κ3) is 3.49. The summed E-state index contributed by atoms with van der Waals surface area (Å²) in [5, 5.41) is 3.33. The Morgan fingerprint density at radius 2 is 1.74 bits per heavy atom. The van der Waals surface area contributed by atoms with Gasteiger partial charge in [-0.2, -0.15) is 0 Å². The van der Waals surface area contributed by atoms with Gasteiger partial charge < -0.3 is 15.1 Å².